The Morgan fingerprint density at radius 1 is 1.07 bits per heavy atom. The molecule has 5 aromatic rings. The first-order chi connectivity index (χ1) is 20.1. The first-order valence-electron chi connectivity index (χ1n) is 14.1. The average molecular weight is 554 g/mol. The number of rotatable bonds is 10. The molecule has 1 aromatic carbocycles. The number of aromatic amines is 1. The number of carbonyl (C=O) groups is 1. The predicted molar refractivity (Wildman–Crippen MR) is 159 cm³/mol. The number of hydrogen-bond acceptors (Lipinski definition) is 7. The van der Waals surface area contributed by atoms with Gasteiger partial charge >= 0.3 is 0 Å². The molecular formula is C31H35N7O3. The molecule has 4 aromatic heterocycles. The highest BCUT2D eigenvalue weighted by atomic mass is 16.5. The first-order valence-corrected chi connectivity index (χ1v) is 14.1. The molecule has 0 bridgehead atoms. The number of carbonyl (C=O) groups excluding carboxylic acids is 1. The second kappa shape index (κ2) is 11.7. The molecule has 4 heterocycles. The molecular weight excluding hydrogens is 518 g/mol. The minimum absolute atomic E-state index is 0.0536. The number of fused-ring (bicyclic) bond motifs is 3. The van der Waals surface area contributed by atoms with Crippen molar-refractivity contribution >= 4 is 27.8 Å². The maximum atomic E-state index is 13.2. The summed E-state index contributed by atoms with van der Waals surface area (Å²) in [6, 6.07) is 10.2. The van der Waals surface area contributed by atoms with E-state index >= 15 is 0 Å². The summed E-state index contributed by atoms with van der Waals surface area (Å²) in [5, 5.41) is 12.9. The van der Waals surface area contributed by atoms with Gasteiger partial charge in [0.15, 0.2) is 0 Å². The SMILES string of the molecule is CCN[C@H]1CCC[C@@H]1NC(=O)c1ccc(-c2c(OCCOC)cnc3[nH]c4cnc(-c5cnn(C)c5)cc4c23)cc1. The number of ether oxygens (including phenoxy) is 2. The zero-order chi connectivity index (χ0) is 28.3. The number of H-pyrrole nitrogens is 1. The normalized spacial score (nSPS) is 17.0. The van der Waals surface area contributed by atoms with Gasteiger partial charge < -0.3 is 25.1 Å². The molecule has 212 valence electrons. The number of nitrogens with zero attached hydrogens (tertiary/aromatic N) is 4. The highest BCUT2D eigenvalue weighted by Gasteiger charge is 2.28. The van der Waals surface area contributed by atoms with Crippen LogP contribution in [-0.4, -0.2) is 69.6 Å². The fraction of sp³-hybridized carbons (Fsp3) is 0.355. The lowest BCUT2D eigenvalue weighted by atomic mass is 9.98. The van der Waals surface area contributed by atoms with Crippen LogP contribution in [0.25, 0.3) is 44.3 Å². The topological polar surface area (TPSA) is 119 Å². The molecule has 10 heteroatoms. The average Bonchev–Trinajstić information content (AvgIpc) is 3.71. The van der Waals surface area contributed by atoms with E-state index in [0.29, 0.717) is 30.6 Å². The van der Waals surface area contributed by atoms with Gasteiger partial charge in [-0.2, -0.15) is 5.10 Å². The number of nitrogens with one attached hydrogen (secondary N) is 3. The Morgan fingerprint density at radius 2 is 1.90 bits per heavy atom. The Balaban J connectivity index is 1.39. The molecule has 0 radical (unpaired) electrons. The van der Waals surface area contributed by atoms with Crippen LogP contribution in [0.1, 0.15) is 36.5 Å². The minimum atomic E-state index is -0.0536. The molecule has 0 unspecified atom stereocenters. The van der Waals surface area contributed by atoms with Crippen LogP contribution in [-0.2, 0) is 11.8 Å². The highest BCUT2D eigenvalue weighted by Crippen LogP contribution is 2.40. The van der Waals surface area contributed by atoms with Crippen LogP contribution in [0, 0.1) is 0 Å². The molecule has 41 heavy (non-hydrogen) atoms. The largest absolute Gasteiger partial charge is 0.489 e. The van der Waals surface area contributed by atoms with E-state index in [9.17, 15) is 4.79 Å². The standard InChI is InChI=1S/C31H35N7O3/c1-4-32-23-6-5-7-24(23)37-31(39)20-10-8-19(9-11-20)28-27(41-13-12-40-3)17-34-30-29(28)22-14-25(33-16-26(22)36-30)21-15-35-38(2)18-21/h8-11,14-18,23-24,32H,4-7,12-13H2,1-3H3,(H,34,36)(H,37,39)/t23-,24-/m0/s1. The lowest BCUT2D eigenvalue weighted by molar-refractivity contribution is 0.0932. The molecule has 1 aliphatic carbocycles. The van der Waals surface area contributed by atoms with E-state index in [1.54, 1.807) is 24.2 Å². The van der Waals surface area contributed by atoms with E-state index in [4.69, 9.17) is 9.47 Å². The molecule has 6 rings (SSSR count). The third-order valence-electron chi connectivity index (χ3n) is 7.75. The predicted octanol–water partition coefficient (Wildman–Crippen LogP) is 4.46. The summed E-state index contributed by atoms with van der Waals surface area (Å²) in [5.74, 6) is 0.592. The zero-order valence-electron chi connectivity index (χ0n) is 23.6. The summed E-state index contributed by atoms with van der Waals surface area (Å²) >= 11 is 0. The van der Waals surface area contributed by atoms with Gasteiger partial charge in [-0.1, -0.05) is 19.1 Å². The number of aromatic nitrogens is 5. The second-order valence-electron chi connectivity index (χ2n) is 10.5. The van der Waals surface area contributed by atoms with Gasteiger partial charge in [-0.15, -0.1) is 0 Å². The smallest absolute Gasteiger partial charge is 0.251 e. The van der Waals surface area contributed by atoms with Gasteiger partial charge in [0.1, 0.15) is 18.0 Å². The van der Waals surface area contributed by atoms with E-state index in [2.05, 4.69) is 43.7 Å². The molecule has 1 aliphatic rings. The Kier molecular flexibility index (Phi) is 7.67. The Hall–Kier alpha value is -4.28. The fourth-order valence-electron chi connectivity index (χ4n) is 5.76. The zero-order valence-corrected chi connectivity index (χ0v) is 23.6. The van der Waals surface area contributed by atoms with E-state index in [1.807, 2.05) is 43.7 Å². The van der Waals surface area contributed by atoms with Crippen molar-refractivity contribution in [3.63, 3.8) is 0 Å². The van der Waals surface area contributed by atoms with Crippen molar-refractivity contribution in [2.24, 2.45) is 7.05 Å². The maximum absolute atomic E-state index is 13.2. The summed E-state index contributed by atoms with van der Waals surface area (Å²) < 4.78 is 13.1. The van der Waals surface area contributed by atoms with Crippen LogP contribution in [0.4, 0.5) is 0 Å². The lowest BCUT2D eigenvalue weighted by Crippen LogP contribution is -2.46. The molecule has 2 atom stereocenters. The number of benzene rings is 1. The second-order valence-corrected chi connectivity index (χ2v) is 10.5. The van der Waals surface area contributed by atoms with Crippen LogP contribution in [0.15, 0.2) is 55.1 Å². The Morgan fingerprint density at radius 3 is 2.66 bits per heavy atom. The molecule has 10 nitrogen and oxygen atoms in total. The van der Waals surface area contributed by atoms with E-state index < -0.39 is 0 Å². The molecule has 1 fully saturated rings. The van der Waals surface area contributed by atoms with Gasteiger partial charge in [0.25, 0.3) is 5.91 Å². The summed E-state index contributed by atoms with van der Waals surface area (Å²) in [6.45, 7) is 3.84. The third kappa shape index (κ3) is 5.40. The number of likely N-dealkylation sites (N-methyl/N-ethyl adjacent to an activating group) is 1. The van der Waals surface area contributed by atoms with E-state index in [0.717, 1.165) is 70.1 Å². The van der Waals surface area contributed by atoms with Gasteiger partial charge in [0.05, 0.1) is 36.4 Å². The third-order valence-corrected chi connectivity index (χ3v) is 7.75. The van der Waals surface area contributed by atoms with Gasteiger partial charge in [-0.05, 0) is 49.6 Å². The van der Waals surface area contributed by atoms with Gasteiger partial charge in [-0.25, -0.2) is 4.98 Å². The number of aryl methyl sites for hydroxylation is 1. The minimum Gasteiger partial charge on any atom is -0.489 e. The summed E-state index contributed by atoms with van der Waals surface area (Å²) in [4.78, 5) is 25.9. The number of amides is 1. The molecule has 3 N–H and O–H groups in total. The number of pyridine rings is 2. The monoisotopic (exact) mass is 553 g/mol. The lowest BCUT2D eigenvalue weighted by Gasteiger charge is -2.21. The number of hydrogen-bond donors (Lipinski definition) is 3. The molecule has 1 saturated carbocycles. The van der Waals surface area contributed by atoms with Crippen LogP contribution >= 0.6 is 0 Å². The van der Waals surface area contributed by atoms with Crippen molar-refractivity contribution in [1.29, 1.82) is 0 Å². The van der Waals surface area contributed by atoms with Crippen molar-refractivity contribution in [1.82, 2.24) is 35.4 Å². The number of methoxy groups -OCH3 is 1. The van der Waals surface area contributed by atoms with Crippen molar-refractivity contribution in [3.8, 4) is 28.1 Å². The Bertz CT molecular complexity index is 1670. The van der Waals surface area contributed by atoms with Crippen molar-refractivity contribution in [3.05, 3.63) is 60.7 Å². The molecule has 0 spiro atoms. The van der Waals surface area contributed by atoms with Crippen LogP contribution in [0.5, 0.6) is 5.75 Å². The maximum Gasteiger partial charge on any atom is 0.251 e. The van der Waals surface area contributed by atoms with E-state index in [1.165, 1.54) is 0 Å². The van der Waals surface area contributed by atoms with Gasteiger partial charge in [-0.3, -0.25) is 14.5 Å². The van der Waals surface area contributed by atoms with Crippen molar-refractivity contribution < 1.29 is 14.3 Å². The molecule has 1 amide bonds. The van der Waals surface area contributed by atoms with Crippen LogP contribution < -0.4 is 15.4 Å². The Labute approximate surface area is 238 Å². The molecule has 0 aliphatic heterocycles. The highest BCUT2D eigenvalue weighted by molar-refractivity contribution is 6.14. The van der Waals surface area contributed by atoms with Crippen LogP contribution in [0.2, 0.25) is 0 Å². The van der Waals surface area contributed by atoms with Gasteiger partial charge in [0, 0.05) is 59.9 Å². The van der Waals surface area contributed by atoms with Crippen LogP contribution in [0.3, 0.4) is 0 Å². The first kappa shape index (κ1) is 26.9. The fourth-order valence-corrected chi connectivity index (χ4v) is 5.76. The van der Waals surface area contributed by atoms with Gasteiger partial charge in [0.2, 0.25) is 0 Å². The summed E-state index contributed by atoms with van der Waals surface area (Å²) in [6.07, 6.45) is 10.5. The van der Waals surface area contributed by atoms with Crippen molar-refractivity contribution in [2.45, 2.75) is 38.3 Å². The van der Waals surface area contributed by atoms with E-state index in [-0.39, 0.29) is 11.9 Å². The summed E-state index contributed by atoms with van der Waals surface area (Å²) in [5.41, 5.74) is 5.81. The van der Waals surface area contributed by atoms with Crippen molar-refractivity contribution in [2.75, 3.05) is 26.9 Å². The quantitative estimate of drug-likeness (QED) is 0.219. The molecule has 0 saturated heterocycles. The summed E-state index contributed by atoms with van der Waals surface area (Å²) in [7, 11) is 3.53.